The Kier molecular flexibility index (Phi) is 5.93. The summed E-state index contributed by atoms with van der Waals surface area (Å²) in [6.45, 7) is 0. The zero-order valence-electron chi connectivity index (χ0n) is 26.9. The van der Waals surface area contributed by atoms with Gasteiger partial charge in [0.25, 0.3) is 0 Å². The average molecular weight is 658 g/mol. The molecule has 3 heterocycles. The van der Waals surface area contributed by atoms with Crippen molar-refractivity contribution in [2.24, 2.45) is 0 Å². The van der Waals surface area contributed by atoms with Crippen LogP contribution >= 0.6 is 7.92 Å². The monoisotopic (exact) mass is 657 g/mol. The number of fused-ring (bicyclic) bond motifs is 9. The van der Waals surface area contributed by atoms with Gasteiger partial charge in [0.05, 0.1) is 22.0 Å². The summed E-state index contributed by atoms with van der Waals surface area (Å²) in [6, 6.07) is 60.8. The van der Waals surface area contributed by atoms with E-state index in [0.717, 1.165) is 45.0 Å². The highest BCUT2D eigenvalue weighted by molar-refractivity contribution is 7.81. The van der Waals surface area contributed by atoms with Crippen LogP contribution in [0.15, 0.2) is 170 Å². The predicted molar refractivity (Wildman–Crippen MR) is 208 cm³/mol. The standard InChI is InChI=1S/C46H28NO2P/c1-3-11-29(12-4-1)32-19-22-38-36(25-32)37-26-33(30-13-5-2-6-14-30)20-23-39(37)47(38)34-27-42-46-43(28-34)49-41-24-21-31-15-7-8-16-35(31)45(41)50(46)44-18-10-9-17-40(44)48-42/h1-28H. The van der Waals surface area contributed by atoms with Gasteiger partial charge in [-0.25, -0.2) is 0 Å². The third kappa shape index (κ3) is 4.08. The van der Waals surface area contributed by atoms with E-state index in [1.165, 1.54) is 54.4 Å². The fourth-order valence-corrected chi connectivity index (χ4v) is 10.6. The molecule has 0 bridgehead atoms. The van der Waals surface area contributed by atoms with Crippen LogP contribution in [0.5, 0.6) is 23.0 Å². The molecule has 0 N–H and O–H groups in total. The first kappa shape index (κ1) is 27.8. The number of benzene rings is 8. The summed E-state index contributed by atoms with van der Waals surface area (Å²) in [5, 5.41) is 8.49. The van der Waals surface area contributed by atoms with Crippen molar-refractivity contribution in [3.63, 3.8) is 0 Å². The largest absolute Gasteiger partial charge is 0.456 e. The minimum Gasteiger partial charge on any atom is -0.456 e. The molecule has 0 radical (unpaired) electrons. The van der Waals surface area contributed by atoms with E-state index in [9.17, 15) is 0 Å². The van der Waals surface area contributed by atoms with Gasteiger partial charge in [-0.05, 0) is 69.4 Å². The van der Waals surface area contributed by atoms with E-state index in [0.29, 0.717) is 0 Å². The van der Waals surface area contributed by atoms with Gasteiger partial charge >= 0.3 is 0 Å². The van der Waals surface area contributed by atoms with Crippen molar-refractivity contribution < 1.29 is 9.47 Å². The Morgan fingerprint density at radius 3 is 1.64 bits per heavy atom. The third-order valence-electron chi connectivity index (χ3n) is 10.1. The van der Waals surface area contributed by atoms with Crippen LogP contribution in [0.25, 0.3) is 60.5 Å². The van der Waals surface area contributed by atoms with E-state index in [-0.39, 0.29) is 0 Å². The molecule has 1 aromatic heterocycles. The Labute approximate surface area is 290 Å². The molecule has 234 valence electrons. The molecule has 0 saturated carbocycles. The Hall–Kier alpha value is -6.15. The maximum absolute atomic E-state index is 6.89. The highest BCUT2D eigenvalue weighted by Crippen LogP contribution is 2.54. The second-order valence-corrected chi connectivity index (χ2v) is 15.0. The Balaban J connectivity index is 1.17. The summed E-state index contributed by atoms with van der Waals surface area (Å²) >= 11 is 0. The molecule has 4 heteroatoms. The number of para-hydroxylation sites is 1. The number of hydrogen-bond donors (Lipinski definition) is 0. The number of nitrogens with zero attached hydrogens (tertiary/aromatic N) is 1. The van der Waals surface area contributed by atoms with Crippen LogP contribution < -0.4 is 25.4 Å². The van der Waals surface area contributed by atoms with Crippen molar-refractivity contribution in [2.45, 2.75) is 0 Å². The lowest BCUT2D eigenvalue weighted by Crippen LogP contribution is -2.32. The van der Waals surface area contributed by atoms with Crippen molar-refractivity contribution in [2.75, 3.05) is 0 Å². The summed E-state index contributed by atoms with van der Waals surface area (Å²) in [6.07, 6.45) is 0. The van der Waals surface area contributed by atoms with Gasteiger partial charge in [0, 0.05) is 41.4 Å². The van der Waals surface area contributed by atoms with Crippen LogP contribution in [0, 0.1) is 0 Å². The first-order chi connectivity index (χ1) is 24.8. The second kappa shape index (κ2) is 10.7. The summed E-state index contributed by atoms with van der Waals surface area (Å²) in [5.41, 5.74) is 8.08. The van der Waals surface area contributed by atoms with E-state index >= 15 is 0 Å². The number of hydrogen-bond acceptors (Lipinski definition) is 2. The Bertz CT molecular complexity index is 2710. The van der Waals surface area contributed by atoms with Gasteiger partial charge in [-0.15, -0.1) is 0 Å². The molecule has 8 aromatic carbocycles. The highest BCUT2D eigenvalue weighted by atomic mass is 31.1. The zero-order valence-corrected chi connectivity index (χ0v) is 27.8. The minimum absolute atomic E-state index is 0.859. The normalized spacial score (nSPS) is 14.1. The molecule has 2 aliphatic rings. The van der Waals surface area contributed by atoms with Crippen LogP contribution in [0.2, 0.25) is 0 Å². The molecule has 1 atom stereocenters. The lowest BCUT2D eigenvalue weighted by Gasteiger charge is -2.35. The van der Waals surface area contributed by atoms with Gasteiger partial charge < -0.3 is 14.0 Å². The fraction of sp³-hybridized carbons (Fsp3) is 0. The van der Waals surface area contributed by atoms with Crippen molar-refractivity contribution >= 4 is 56.4 Å². The summed E-state index contributed by atoms with van der Waals surface area (Å²) in [5.74, 6) is 3.55. The highest BCUT2D eigenvalue weighted by Gasteiger charge is 2.38. The SMILES string of the molecule is c1ccc(-c2ccc3c(c2)c2cc(-c4ccccc4)ccc2n3-c2cc3c4c(c2)Oc2ccc5ccccc5c2P4c2ccccc2O3)cc1. The Morgan fingerprint density at radius 2 is 0.960 bits per heavy atom. The maximum Gasteiger partial charge on any atom is 0.141 e. The van der Waals surface area contributed by atoms with E-state index in [4.69, 9.17) is 9.47 Å². The quantitative estimate of drug-likeness (QED) is 0.177. The molecule has 11 rings (SSSR count). The smallest absolute Gasteiger partial charge is 0.141 e. The molecule has 2 aliphatic heterocycles. The van der Waals surface area contributed by atoms with Gasteiger partial charge in [0.2, 0.25) is 0 Å². The van der Waals surface area contributed by atoms with Gasteiger partial charge in [0.15, 0.2) is 0 Å². The molecule has 0 aliphatic carbocycles. The predicted octanol–water partition coefficient (Wildman–Crippen LogP) is 11.2. The number of rotatable bonds is 3. The summed E-state index contributed by atoms with van der Waals surface area (Å²) in [4.78, 5) is 0. The maximum atomic E-state index is 6.89. The van der Waals surface area contributed by atoms with Crippen molar-refractivity contribution in [3.05, 3.63) is 170 Å². The Morgan fingerprint density at radius 1 is 0.380 bits per heavy atom. The zero-order chi connectivity index (χ0) is 32.8. The van der Waals surface area contributed by atoms with Crippen molar-refractivity contribution in [3.8, 4) is 50.9 Å². The molecule has 50 heavy (non-hydrogen) atoms. The topological polar surface area (TPSA) is 23.4 Å². The fourth-order valence-electron chi connectivity index (χ4n) is 7.86. The number of aromatic nitrogens is 1. The van der Waals surface area contributed by atoms with E-state index in [1.807, 2.05) is 0 Å². The van der Waals surface area contributed by atoms with Gasteiger partial charge in [-0.2, -0.15) is 0 Å². The van der Waals surface area contributed by atoms with E-state index in [1.54, 1.807) is 0 Å². The van der Waals surface area contributed by atoms with Gasteiger partial charge in [-0.1, -0.05) is 121 Å². The molecule has 0 saturated heterocycles. The first-order valence-electron chi connectivity index (χ1n) is 16.9. The van der Waals surface area contributed by atoms with Crippen LogP contribution in [-0.2, 0) is 0 Å². The van der Waals surface area contributed by atoms with Crippen molar-refractivity contribution in [1.82, 2.24) is 4.57 Å². The van der Waals surface area contributed by atoms with Crippen LogP contribution in [0.4, 0.5) is 0 Å². The van der Waals surface area contributed by atoms with Crippen LogP contribution in [0.3, 0.4) is 0 Å². The molecular formula is C46H28NO2P. The molecule has 1 unspecified atom stereocenters. The second-order valence-electron chi connectivity index (χ2n) is 13.0. The van der Waals surface area contributed by atoms with Gasteiger partial charge in [0.1, 0.15) is 23.0 Å². The number of ether oxygens (including phenoxy) is 2. The first-order valence-corrected chi connectivity index (χ1v) is 18.3. The molecule has 0 spiro atoms. The summed E-state index contributed by atoms with van der Waals surface area (Å²) in [7, 11) is -0.909. The lowest BCUT2D eigenvalue weighted by molar-refractivity contribution is 0.466. The minimum atomic E-state index is -0.909. The van der Waals surface area contributed by atoms with Crippen molar-refractivity contribution in [1.29, 1.82) is 0 Å². The molecular weight excluding hydrogens is 629 g/mol. The van der Waals surface area contributed by atoms with Crippen LogP contribution in [0.1, 0.15) is 0 Å². The van der Waals surface area contributed by atoms with E-state index < -0.39 is 7.92 Å². The molecule has 9 aromatic rings. The summed E-state index contributed by atoms with van der Waals surface area (Å²) < 4.78 is 16.0. The molecule has 0 fully saturated rings. The molecule has 0 amide bonds. The molecule has 3 nitrogen and oxygen atoms in total. The third-order valence-corrected chi connectivity index (χ3v) is 12.8. The van der Waals surface area contributed by atoms with E-state index in [2.05, 4.69) is 174 Å². The van der Waals surface area contributed by atoms with Gasteiger partial charge in [-0.3, -0.25) is 0 Å². The van der Waals surface area contributed by atoms with Crippen LogP contribution in [-0.4, -0.2) is 4.57 Å². The lowest BCUT2D eigenvalue weighted by atomic mass is 10.0. The average Bonchev–Trinajstić information content (AvgIpc) is 3.51.